The molecule has 0 saturated heterocycles. The molecule has 0 aliphatic carbocycles. The van der Waals surface area contributed by atoms with Gasteiger partial charge in [-0.05, 0) is 69.2 Å². The molecule has 2 N–H and O–H groups in total. The lowest BCUT2D eigenvalue weighted by molar-refractivity contribution is -0.116. The zero-order valence-corrected chi connectivity index (χ0v) is 17.8. The van der Waals surface area contributed by atoms with Crippen LogP contribution in [0.1, 0.15) is 43.1 Å². The number of amides is 1. The van der Waals surface area contributed by atoms with Gasteiger partial charge in [-0.25, -0.2) is 17.9 Å². The normalized spacial score (nSPS) is 11.7. The Morgan fingerprint density at radius 2 is 1.55 bits per heavy atom. The van der Waals surface area contributed by atoms with Crippen molar-refractivity contribution in [1.29, 1.82) is 0 Å². The number of carbonyl (C=O) groups excluding carboxylic acids is 2. The lowest BCUT2D eigenvalue weighted by atomic mass is 10.1. The van der Waals surface area contributed by atoms with Crippen LogP contribution >= 0.6 is 0 Å². The number of benzene rings is 2. The minimum atomic E-state index is -3.58. The maximum atomic E-state index is 12.3. The van der Waals surface area contributed by atoms with Crippen molar-refractivity contribution in [3.8, 4) is 0 Å². The van der Waals surface area contributed by atoms with E-state index in [2.05, 4.69) is 14.8 Å². The molecule has 0 spiro atoms. The van der Waals surface area contributed by atoms with Crippen LogP contribution in [0.4, 0.5) is 5.69 Å². The molecule has 0 saturated carbocycles. The van der Waals surface area contributed by atoms with E-state index in [0.29, 0.717) is 17.7 Å². The zero-order valence-electron chi connectivity index (χ0n) is 17.0. The summed E-state index contributed by atoms with van der Waals surface area (Å²) >= 11 is 0. The van der Waals surface area contributed by atoms with Crippen molar-refractivity contribution in [2.24, 2.45) is 0 Å². The summed E-state index contributed by atoms with van der Waals surface area (Å²) in [6.07, 6.45) is 0.712. The van der Waals surface area contributed by atoms with Crippen molar-refractivity contribution >= 4 is 27.6 Å². The number of methoxy groups -OCH3 is 1. The van der Waals surface area contributed by atoms with Crippen LogP contribution in [-0.4, -0.2) is 32.9 Å². The molecule has 0 aliphatic heterocycles. The van der Waals surface area contributed by atoms with Crippen molar-refractivity contribution < 1.29 is 22.7 Å². The smallest absolute Gasteiger partial charge is 0.337 e. The molecule has 0 fully saturated rings. The van der Waals surface area contributed by atoms with Crippen LogP contribution < -0.4 is 10.0 Å². The van der Waals surface area contributed by atoms with Crippen molar-refractivity contribution in [3.63, 3.8) is 0 Å². The molecule has 0 heterocycles. The molecule has 0 aliphatic rings. The predicted molar refractivity (Wildman–Crippen MR) is 111 cm³/mol. The summed E-state index contributed by atoms with van der Waals surface area (Å²) in [6, 6.07) is 12.9. The standard InChI is InChI=1S/C21H26N2O5S/c1-21(2,3)23-29(26,27)18-12-5-15(6-13-18)7-14-19(24)22-17-10-8-16(9-11-17)20(25)28-4/h5-6,8-13,23H,7,14H2,1-4H3,(H,22,24). The van der Waals surface area contributed by atoms with Gasteiger partial charge in [-0.2, -0.15) is 0 Å². The third kappa shape index (κ3) is 6.99. The molecule has 0 unspecified atom stereocenters. The molecule has 8 heteroatoms. The number of hydrogen-bond acceptors (Lipinski definition) is 5. The topological polar surface area (TPSA) is 102 Å². The highest BCUT2D eigenvalue weighted by Gasteiger charge is 2.21. The molecule has 2 aromatic rings. The Labute approximate surface area is 171 Å². The summed E-state index contributed by atoms with van der Waals surface area (Å²) in [5.74, 6) is -0.618. The van der Waals surface area contributed by atoms with Crippen LogP contribution in [0.2, 0.25) is 0 Å². The Kier molecular flexibility index (Phi) is 7.16. The van der Waals surface area contributed by atoms with Gasteiger partial charge >= 0.3 is 5.97 Å². The molecule has 0 bridgehead atoms. The van der Waals surface area contributed by atoms with Gasteiger partial charge in [0.1, 0.15) is 0 Å². The summed E-state index contributed by atoms with van der Waals surface area (Å²) in [7, 11) is -2.27. The predicted octanol–water partition coefficient (Wildman–Crippen LogP) is 3.12. The van der Waals surface area contributed by atoms with Crippen LogP contribution in [0.25, 0.3) is 0 Å². The molecule has 1 amide bonds. The van der Waals surface area contributed by atoms with Gasteiger partial charge in [0, 0.05) is 17.6 Å². The quantitative estimate of drug-likeness (QED) is 0.673. The number of rotatable bonds is 7. The van der Waals surface area contributed by atoms with Crippen molar-refractivity contribution in [1.82, 2.24) is 4.72 Å². The van der Waals surface area contributed by atoms with Gasteiger partial charge in [0.15, 0.2) is 0 Å². The van der Waals surface area contributed by atoms with E-state index in [1.807, 2.05) is 0 Å². The van der Waals surface area contributed by atoms with Gasteiger partial charge in [-0.3, -0.25) is 4.79 Å². The van der Waals surface area contributed by atoms with Gasteiger partial charge in [0.25, 0.3) is 0 Å². The highest BCUT2D eigenvalue weighted by atomic mass is 32.2. The number of nitrogens with one attached hydrogen (secondary N) is 2. The number of hydrogen-bond donors (Lipinski definition) is 2. The lowest BCUT2D eigenvalue weighted by Gasteiger charge is -2.20. The van der Waals surface area contributed by atoms with E-state index in [-0.39, 0.29) is 17.2 Å². The second-order valence-corrected chi connectivity index (χ2v) is 9.30. The Balaban J connectivity index is 1.91. The summed E-state index contributed by atoms with van der Waals surface area (Å²) in [4.78, 5) is 23.7. The third-order valence-corrected chi connectivity index (χ3v) is 5.68. The molecule has 0 radical (unpaired) electrons. The second-order valence-electron chi connectivity index (χ2n) is 7.62. The summed E-state index contributed by atoms with van der Waals surface area (Å²) in [5.41, 5.74) is 1.28. The molecule has 2 aromatic carbocycles. The van der Waals surface area contributed by atoms with E-state index in [1.165, 1.54) is 19.2 Å². The number of carbonyl (C=O) groups is 2. The summed E-state index contributed by atoms with van der Waals surface area (Å²) in [5, 5.41) is 2.76. The van der Waals surface area contributed by atoms with Gasteiger partial charge in [-0.15, -0.1) is 0 Å². The Morgan fingerprint density at radius 1 is 0.966 bits per heavy atom. The van der Waals surface area contributed by atoms with Crippen LogP contribution in [-0.2, 0) is 26.0 Å². The van der Waals surface area contributed by atoms with E-state index < -0.39 is 21.5 Å². The Hall–Kier alpha value is -2.71. The first-order valence-electron chi connectivity index (χ1n) is 9.11. The monoisotopic (exact) mass is 418 g/mol. The third-order valence-electron chi connectivity index (χ3n) is 3.90. The molecular weight excluding hydrogens is 392 g/mol. The van der Waals surface area contributed by atoms with Crippen LogP contribution in [0.15, 0.2) is 53.4 Å². The van der Waals surface area contributed by atoms with Crippen molar-refractivity contribution in [3.05, 3.63) is 59.7 Å². The van der Waals surface area contributed by atoms with Gasteiger partial charge in [0.2, 0.25) is 15.9 Å². The van der Waals surface area contributed by atoms with E-state index in [4.69, 9.17) is 0 Å². The fraction of sp³-hybridized carbons (Fsp3) is 0.333. The number of sulfonamides is 1. The Morgan fingerprint density at radius 3 is 2.07 bits per heavy atom. The molecule has 2 rings (SSSR count). The van der Waals surface area contributed by atoms with Crippen LogP contribution in [0.5, 0.6) is 0 Å². The lowest BCUT2D eigenvalue weighted by Crippen LogP contribution is -2.40. The summed E-state index contributed by atoms with van der Waals surface area (Å²) < 4.78 is 31.9. The van der Waals surface area contributed by atoms with Gasteiger partial charge < -0.3 is 10.1 Å². The molecule has 156 valence electrons. The van der Waals surface area contributed by atoms with E-state index >= 15 is 0 Å². The average molecular weight is 419 g/mol. The minimum absolute atomic E-state index is 0.179. The second kappa shape index (κ2) is 9.19. The van der Waals surface area contributed by atoms with E-state index in [0.717, 1.165) is 5.56 Å². The average Bonchev–Trinajstić information content (AvgIpc) is 2.65. The first kappa shape index (κ1) is 22.6. The molecule has 0 atom stereocenters. The molecule has 7 nitrogen and oxygen atoms in total. The maximum absolute atomic E-state index is 12.3. The number of ether oxygens (including phenoxy) is 1. The fourth-order valence-corrected chi connectivity index (χ4v) is 4.00. The first-order chi connectivity index (χ1) is 13.5. The highest BCUT2D eigenvalue weighted by molar-refractivity contribution is 7.89. The van der Waals surface area contributed by atoms with E-state index in [9.17, 15) is 18.0 Å². The van der Waals surface area contributed by atoms with Gasteiger partial charge in [0.05, 0.1) is 17.6 Å². The van der Waals surface area contributed by atoms with Gasteiger partial charge in [-0.1, -0.05) is 12.1 Å². The number of anilines is 1. The minimum Gasteiger partial charge on any atom is -0.465 e. The zero-order chi connectivity index (χ0) is 21.7. The molecule has 0 aromatic heterocycles. The van der Waals surface area contributed by atoms with Crippen molar-refractivity contribution in [2.75, 3.05) is 12.4 Å². The highest BCUT2D eigenvalue weighted by Crippen LogP contribution is 2.15. The van der Waals surface area contributed by atoms with Crippen LogP contribution in [0.3, 0.4) is 0 Å². The first-order valence-corrected chi connectivity index (χ1v) is 10.6. The number of esters is 1. The molecule has 29 heavy (non-hydrogen) atoms. The van der Waals surface area contributed by atoms with E-state index in [1.54, 1.807) is 57.2 Å². The number of aryl methyl sites for hydroxylation is 1. The maximum Gasteiger partial charge on any atom is 0.337 e. The molecular formula is C21H26N2O5S. The Bertz CT molecular complexity index is 960. The fourth-order valence-electron chi connectivity index (χ4n) is 2.59. The van der Waals surface area contributed by atoms with Crippen LogP contribution in [0, 0.1) is 0 Å². The van der Waals surface area contributed by atoms with Crippen molar-refractivity contribution in [2.45, 2.75) is 44.0 Å². The summed E-state index contributed by atoms with van der Waals surface area (Å²) in [6.45, 7) is 5.33. The largest absolute Gasteiger partial charge is 0.465 e. The SMILES string of the molecule is COC(=O)c1ccc(NC(=O)CCc2ccc(S(=O)(=O)NC(C)(C)C)cc2)cc1.